The number of phenolic OH excluding ortho intramolecular Hbond substituents is 1. The lowest BCUT2D eigenvalue weighted by atomic mass is 9.82. The highest BCUT2D eigenvalue weighted by Crippen LogP contribution is 2.42. The molecular weight excluding hydrogens is 306 g/mol. The van der Waals surface area contributed by atoms with Gasteiger partial charge in [-0.05, 0) is 19.1 Å². The molecule has 24 heavy (non-hydrogen) atoms. The molecule has 2 N–H and O–H groups in total. The van der Waals surface area contributed by atoms with Crippen molar-refractivity contribution in [3.8, 4) is 17.1 Å². The number of para-hydroxylation sites is 1. The largest absolute Gasteiger partial charge is 0.507 e. The summed E-state index contributed by atoms with van der Waals surface area (Å²) in [6.45, 7) is 4.89. The van der Waals surface area contributed by atoms with Crippen molar-refractivity contribution >= 4 is 5.82 Å². The van der Waals surface area contributed by atoms with Crippen LogP contribution in [0.5, 0.6) is 5.75 Å². The Bertz CT molecular complexity index is 767. The molecule has 126 valence electrons. The van der Waals surface area contributed by atoms with Gasteiger partial charge in [0, 0.05) is 36.2 Å². The third-order valence-electron chi connectivity index (χ3n) is 5.15. The Labute approximate surface area is 140 Å². The Morgan fingerprint density at radius 1 is 1.33 bits per heavy atom. The molecule has 6 nitrogen and oxygen atoms in total. The second-order valence-corrected chi connectivity index (χ2v) is 6.82. The molecule has 3 heterocycles. The fourth-order valence-corrected chi connectivity index (χ4v) is 3.73. The molecule has 2 aliphatic heterocycles. The van der Waals surface area contributed by atoms with Crippen LogP contribution in [0.1, 0.15) is 5.69 Å². The van der Waals surface area contributed by atoms with Gasteiger partial charge in [-0.15, -0.1) is 0 Å². The number of aromatic hydroxyl groups is 1. The van der Waals surface area contributed by atoms with Crippen LogP contribution in [0.4, 0.5) is 5.82 Å². The monoisotopic (exact) mass is 327 g/mol. The van der Waals surface area contributed by atoms with Crippen LogP contribution in [0.25, 0.3) is 11.4 Å². The van der Waals surface area contributed by atoms with Crippen LogP contribution in [0, 0.1) is 18.3 Å². The maximum atomic E-state index is 10.1. The number of rotatable bonds is 3. The van der Waals surface area contributed by atoms with Gasteiger partial charge in [0.25, 0.3) is 0 Å². The van der Waals surface area contributed by atoms with Gasteiger partial charge in [-0.2, -0.15) is 0 Å². The predicted molar refractivity (Wildman–Crippen MR) is 89.9 cm³/mol. The Kier molecular flexibility index (Phi) is 3.66. The first kappa shape index (κ1) is 15.4. The second-order valence-electron chi connectivity index (χ2n) is 6.82. The summed E-state index contributed by atoms with van der Waals surface area (Å²) in [4.78, 5) is 11.3. The number of fused-ring (bicyclic) bond motifs is 1. The zero-order chi connectivity index (χ0) is 16.7. The molecule has 1 aromatic heterocycles. The third-order valence-corrected chi connectivity index (χ3v) is 5.15. The van der Waals surface area contributed by atoms with Gasteiger partial charge in [0.2, 0.25) is 0 Å². The number of hydrogen-bond acceptors (Lipinski definition) is 6. The molecule has 6 heteroatoms. The molecule has 0 aliphatic carbocycles. The molecule has 2 saturated heterocycles. The number of aromatic nitrogens is 2. The van der Waals surface area contributed by atoms with Crippen LogP contribution in [0.15, 0.2) is 30.3 Å². The van der Waals surface area contributed by atoms with Crippen LogP contribution in [-0.4, -0.2) is 53.1 Å². The van der Waals surface area contributed by atoms with Crippen LogP contribution < -0.4 is 4.90 Å². The van der Waals surface area contributed by atoms with Gasteiger partial charge in [0.15, 0.2) is 5.82 Å². The minimum Gasteiger partial charge on any atom is -0.507 e. The average molecular weight is 327 g/mol. The van der Waals surface area contributed by atoms with Gasteiger partial charge in [0.1, 0.15) is 11.6 Å². The minimum atomic E-state index is -0.187. The van der Waals surface area contributed by atoms with Gasteiger partial charge >= 0.3 is 0 Å². The van der Waals surface area contributed by atoms with E-state index in [0.29, 0.717) is 30.5 Å². The van der Waals surface area contributed by atoms with E-state index in [0.717, 1.165) is 24.6 Å². The maximum Gasteiger partial charge on any atom is 0.165 e. The molecule has 2 atom stereocenters. The van der Waals surface area contributed by atoms with Crippen molar-refractivity contribution in [2.45, 2.75) is 6.92 Å². The molecule has 2 fully saturated rings. The highest BCUT2D eigenvalue weighted by molar-refractivity contribution is 5.65. The van der Waals surface area contributed by atoms with E-state index in [1.54, 1.807) is 12.1 Å². The van der Waals surface area contributed by atoms with Crippen molar-refractivity contribution in [3.05, 3.63) is 36.0 Å². The molecule has 0 unspecified atom stereocenters. The summed E-state index contributed by atoms with van der Waals surface area (Å²) in [5.41, 5.74) is 1.29. The lowest BCUT2D eigenvalue weighted by molar-refractivity contribution is 0.0989. The summed E-state index contributed by atoms with van der Waals surface area (Å²) in [6, 6.07) is 9.05. The molecule has 0 spiro atoms. The number of aliphatic hydroxyl groups excluding tert-OH is 1. The highest BCUT2D eigenvalue weighted by atomic mass is 16.5. The molecule has 2 aliphatic rings. The van der Waals surface area contributed by atoms with E-state index in [9.17, 15) is 10.2 Å². The van der Waals surface area contributed by atoms with E-state index in [-0.39, 0.29) is 17.8 Å². The topological polar surface area (TPSA) is 78.7 Å². The number of benzene rings is 1. The number of nitrogens with zero attached hydrogens (tertiary/aromatic N) is 3. The fraction of sp³-hybridized carbons (Fsp3) is 0.444. The van der Waals surface area contributed by atoms with Crippen molar-refractivity contribution in [1.82, 2.24) is 9.97 Å². The van der Waals surface area contributed by atoms with E-state index < -0.39 is 0 Å². The van der Waals surface area contributed by atoms with Crippen LogP contribution >= 0.6 is 0 Å². The Morgan fingerprint density at radius 2 is 2.17 bits per heavy atom. The normalized spacial score (nSPS) is 25.9. The van der Waals surface area contributed by atoms with Crippen molar-refractivity contribution in [1.29, 1.82) is 0 Å². The lowest BCUT2D eigenvalue weighted by Gasteiger charge is -2.25. The number of phenols is 1. The smallest absolute Gasteiger partial charge is 0.165 e. The van der Waals surface area contributed by atoms with Crippen molar-refractivity contribution < 1.29 is 14.9 Å². The molecular formula is C18H21N3O3. The number of anilines is 1. The first-order valence-corrected chi connectivity index (χ1v) is 8.19. The molecule has 0 bridgehead atoms. The standard InChI is InChI=1S/C18H21N3O3/c1-12-6-16(20-17(19-12)14-4-2-3-5-15(14)23)21-7-13-8-24-11-18(13,9-21)10-22/h2-6,13,22-23H,7-11H2,1H3/t13-,18-/m0/s1. The molecule has 4 rings (SSSR count). The van der Waals surface area contributed by atoms with E-state index in [4.69, 9.17) is 4.74 Å². The minimum absolute atomic E-state index is 0.130. The predicted octanol–water partition coefficient (Wildman–Crippen LogP) is 1.60. The van der Waals surface area contributed by atoms with Gasteiger partial charge in [-0.25, -0.2) is 9.97 Å². The Morgan fingerprint density at radius 3 is 2.92 bits per heavy atom. The van der Waals surface area contributed by atoms with Crippen molar-refractivity contribution in [3.63, 3.8) is 0 Å². The van der Waals surface area contributed by atoms with Gasteiger partial charge in [-0.1, -0.05) is 12.1 Å². The quantitative estimate of drug-likeness (QED) is 0.891. The van der Waals surface area contributed by atoms with Gasteiger partial charge in [-0.3, -0.25) is 0 Å². The van der Waals surface area contributed by atoms with E-state index >= 15 is 0 Å². The first-order valence-electron chi connectivity index (χ1n) is 8.19. The summed E-state index contributed by atoms with van der Waals surface area (Å²) >= 11 is 0. The fourth-order valence-electron chi connectivity index (χ4n) is 3.73. The van der Waals surface area contributed by atoms with Crippen molar-refractivity contribution in [2.24, 2.45) is 11.3 Å². The average Bonchev–Trinajstić information content (AvgIpc) is 3.12. The SMILES string of the molecule is Cc1cc(N2C[C@H]3COC[C@@]3(CO)C2)nc(-c2ccccc2O)n1. The summed E-state index contributed by atoms with van der Waals surface area (Å²) in [5, 5.41) is 19.9. The zero-order valence-electron chi connectivity index (χ0n) is 13.6. The van der Waals surface area contributed by atoms with Crippen LogP contribution in [0.2, 0.25) is 0 Å². The van der Waals surface area contributed by atoms with E-state index in [2.05, 4.69) is 14.9 Å². The number of aliphatic hydroxyl groups is 1. The molecule has 1 aromatic carbocycles. The number of aryl methyl sites for hydroxylation is 1. The summed E-state index contributed by atoms with van der Waals surface area (Å²) < 4.78 is 5.57. The molecule has 2 aromatic rings. The van der Waals surface area contributed by atoms with Crippen molar-refractivity contribution in [2.75, 3.05) is 37.8 Å². The van der Waals surface area contributed by atoms with Crippen LogP contribution in [0.3, 0.4) is 0 Å². The summed E-state index contributed by atoms with van der Waals surface area (Å²) in [7, 11) is 0. The number of ether oxygens (including phenoxy) is 1. The third kappa shape index (κ3) is 2.42. The van der Waals surface area contributed by atoms with Gasteiger partial charge in [0.05, 0.1) is 25.4 Å². The second kappa shape index (κ2) is 5.72. The zero-order valence-corrected chi connectivity index (χ0v) is 13.6. The molecule has 0 saturated carbocycles. The van der Waals surface area contributed by atoms with E-state index in [1.807, 2.05) is 25.1 Å². The number of hydrogen-bond donors (Lipinski definition) is 2. The molecule has 0 radical (unpaired) electrons. The van der Waals surface area contributed by atoms with Crippen LogP contribution in [-0.2, 0) is 4.74 Å². The summed E-state index contributed by atoms with van der Waals surface area (Å²) in [5.74, 6) is 1.86. The van der Waals surface area contributed by atoms with E-state index in [1.165, 1.54) is 0 Å². The maximum absolute atomic E-state index is 10.1. The lowest BCUT2D eigenvalue weighted by Crippen LogP contribution is -2.34. The van der Waals surface area contributed by atoms with Gasteiger partial charge < -0.3 is 19.8 Å². The first-order chi connectivity index (χ1) is 11.6. The summed E-state index contributed by atoms with van der Waals surface area (Å²) in [6.07, 6.45) is 0. The highest BCUT2D eigenvalue weighted by Gasteiger charge is 2.50. The Balaban J connectivity index is 1.69. The Hall–Kier alpha value is -2.18. The molecule has 0 amide bonds.